The molecule has 0 unspecified atom stereocenters. The third-order valence-corrected chi connectivity index (χ3v) is 5.63. The summed E-state index contributed by atoms with van der Waals surface area (Å²) in [5, 5.41) is 0. The predicted octanol–water partition coefficient (Wildman–Crippen LogP) is 1.87. The number of aryl methyl sites for hydroxylation is 1. The van der Waals surface area contributed by atoms with Crippen LogP contribution < -0.4 is 5.56 Å². The summed E-state index contributed by atoms with van der Waals surface area (Å²) in [5.74, 6) is 0.941. The number of rotatable bonds is 3. The maximum atomic E-state index is 13.8. The zero-order valence-electron chi connectivity index (χ0n) is 15.5. The first kappa shape index (κ1) is 17.9. The maximum Gasteiger partial charge on any atom is 0.251 e. The third kappa shape index (κ3) is 3.51. The molecule has 2 saturated heterocycles. The molecule has 4 rings (SSSR count). The molecule has 0 radical (unpaired) electrons. The van der Waals surface area contributed by atoms with Crippen LogP contribution in [0.2, 0.25) is 0 Å². The van der Waals surface area contributed by atoms with Crippen molar-refractivity contribution >= 4 is 5.91 Å². The van der Waals surface area contributed by atoms with Crippen LogP contribution in [0.4, 0.5) is 4.39 Å². The normalized spacial score (nSPS) is 25.0. The van der Waals surface area contributed by atoms with Gasteiger partial charge in [-0.15, -0.1) is 0 Å². The molecule has 6 nitrogen and oxygen atoms in total. The van der Waals surface area contributed by atoms with Crippen molar-refractivity contribution in [1.82, 2.24) is 19.8 Å². The second-order valence-corrected chi connectivity index (χ2v) is 7.61. The molecular formula is C20H23FN4O2. The van der Waals surface area contributed by atoms with Crippen LogP contribution in [0.1, 0.15) is 30.0 Å². The van der Waals surface area contributed by atoms with E-state index in [4.69, 9.17) is 0 Å². The van der Waals surface area contributed by atoms with E-state index >= 15 is 0 Å². The van der Waals surface area contributed by atoms with E-state index in [9.17, 15) is 14.0 Å². The van der Waals surface area contributed by atoms with Gasteiger partial charge in [0.25, 0.3) is 5.56 Å². The number of nitrogens with one attached hydrogen (secondary N) is 1. The molecule has 0 bridgehead atoms. The molecule has 0 spiro atoms. The lowest BCUT2D eigenvalue weighted by Gasteiger charge is -2.29. The van der Waals surface area contributed by atoms with E-state index in [0.29, 0.717) is 24.8 Å². The van der Waals surface area contributed by atoms with Gasteiger partial charge in [0, 0.05) is 45.1 Å². The number of hydrogen-bond acceptors (Lipinski definition) is 4. The summed E-state index contributed by atoms with van der Waals surface area (Å²) in [6.45, 7) is 6.27. The molecule has 2 aliphatic heterocycles. The number of carbonyl (C=O) groups excluding carboxylic acids is 1. The Hall–Kier alpha value is -2.54. The van der Waals surface area contributed by atoms with Crippen molar-refractivity contribution in [1.29, 1.82) is 0 Å². The number of carbonyl (C=O) groups is 1. The Balaban J connectivity index is 1.56. The Morgan fingerprint density at radius 2 is 2.11 bits per heavy atom. The molecule has 0 saturated carbocycles. The summed E-state index contributed by atoms with van der Waals surface area (Å²) in [7, 11) is 0. The van der Waals surface area contributed by atoms with E-state index in [1.165, 1.54) is 18.2 Å². The number of fused-ring (bicyclic) bond motifs is 1. The Kier molecular flexibility index (Phi) is 4.55. The number of hydrogen-bond donors (Lipinski definition) is 1. The number of likely N-dealkylation sites (tertiary alicyclic amines) is 2. The summed E-state index contributed by atoms with van der Waals surface area (Å²) in [4.78, 5) is 35.1. The fraction of sp³-hybridized carbons (Fsp3) is 0.450. The fourth-order valence-electron chi connectivity index (χ4n) is 4.66. The van der Waals surface area contributed by atoms with Gasteiger partial charge in [-0.2, -0.15) is 0 Å². The summed E-state index contributed by atoms with van der Waals surface area (Å²) < 4.78 is 13.8. The highest BCUT2D eigenvalue weighted by molar-refractivity contribution is 5.74. The minimum absolute atomic E-state index is 0.0251. The van der Waals surface area contributed by atoms with Crippen LogP contribution in [0, 0.1) is 24.6 Å². The van der Waals surface area contributed by atoms with Gasteiger partial charge in [0.1, 0.15) is 11.6 Å². The number of nitrogens with zero attached hydrogens (tertiary/aromatic N) is 3. The second kappa shape index (κ2) is 6.88. The molecule has 2 aliphatic rings. The highest BCUT2D eigenvalue weighted by Crippen LogP contribution is 2.45. The molecule has 1 amide bonds. The van der Waals surface area contributed by atoms with Gasteiger partial charge in [0.05, 0.1) is 11.7 Å². The van der Waals surface area contributed by atoms with Gasteiger partial charge in [0.15, 0.2) is 0 Å². The minimum atomic E-state index is -0.280. The van der Waals surface area contributed by atoms with Crippen LogP contribution in [0.3, 0.4) is 0 Å². The SMILES string of the molecule is CC(=O)N1C[C@H]2CN(Cc3cc(=O)[nH]c(C)n3)C[C@H]2[C@@H]1c1cccc(F)c1. The molecule has 0 aliphatic carbocycles. The van der Waals surface area contributed by atoms with E-state index in [1.807, 2.05) is 11.0 Å². The number of aromatic nitrogens is 2. The number of H-pyrrole nitrogens is 1. The summed E-state index contributed by atoms with van der Waals surface area (Å²) in [5.41, 5.74) is 1.46. The van der Waals surface area contributed by atoms with Gasteiger partial charge in [-0.1, -0.05) is 12.1 Å². The average molecular weight is 370 g/mol. The monoisotopic (exact) mass is 370 g/mol. The highest BCUT2D eigenvalue weighted by Gasteiger charge is 2.48. The van der Waals surface area contributed by atoms with E-state index < -0.39 is 0 Å². The van der Waals surface area contributed by atoms with Crippen LogP contribution in [0.5, 0.6) is 0 Å². The maximum absolute atomic E-state index is 13.8. The van der Waals surface area contributed by atoms with E-state index in [2.05, 4.69) is 14.9 Å². The lowest BCUT2D eigenvalue weighted by Crippen LogP contribution is -2.34. The van der Waals surface area contributed by atoms with Crippen LogP contribution in [0.25, 0.3) is 0 Å². The van der Waals surface area contributed by atoms with Gasteiger partial charge in [-0.25, -0.2) is 9.37 Å². The van der Waals surface area contributed by atoms with Crippen molar-refractivity contribution in [3.05, 3.63) is 63.6 Å². The van der Waals surface area contributed by atoms with Crippen molar-refractivity contribution in [3.63, 3.8) is 0 Å². The van der Waals surface area contributed by atoms with Crippen LogP contribution in [-0.2, 0) is 11.3 Å². The van der Waals surface area contributed by atoms with Crippen LogP contribution in [-0.4, -0.2) is 45.3 Å². The van der Waals surface area contributed by atoms with Crippen molar-refractivity contribution in [2.45, 2.75) is 26.4 Å². The van der Waals surface area contributed by atoms with Crippen LogP contribution >= 0.6 is 0 Å². The standard InChI is InChI=1S/C20H23FN4O2/c1-12-22-17(7-19(27)23-12)10-24-8-15-9-25(13(2)26)20(18(15)11-24)14-4-3-5-16(21)6-14/h3-7,15,18,20H,8-11H2,1-2H3,(H,22,23,27)/t15-,18-,20+/m1/s1. The number of aromatic amines is 1. The first-order valence-corrected chi connectivity index (χ1v) is 9.22. The van der Waals surface area contributed by atoms with E-state index in [1.54, 1.807) is 19.9 Å². The smallest absolute Gasteiger partial charge is 0.251 e. The Bertz CT molecular complexity index is 928. The van der Waals surface area contributed by atoms with Crippen molar-refractivity contribution in [3.8, 4) is 0 Å². The number of halogens is 1. The van der Waals surface area contributed by atoms with E-state index in [-0.39, 0.29) is 29.2 Å². The van der Waals surface area contributed by atoms with Gasteiger partial charge in [-0.3, -0.25) is 14.5 Å². The van der Waals surface area contributed by atoms with E-state index in [0.717, 1.165) is 24.3 Å². The lowest BCUT2D eigenvalue weighted by molar-refractivity contribution is -0.130. The van der Waals surface area contributed by atoms with Gasteiger partial charge < -0.3 is 9.88 Å². The number of benzene rings is 1. The quantitative estimate of drug-likeness (QED) is 0.896. The highest BCUT2D eigenvalue weighted by atomic mass is 19.1. The van der Waals surface area contributed by atoms with Gasteiger partial charge >= 0.3 is 0 Å². The topological polar surface area (TPSA) is 69.3 Å². The number of amides is 1. The van der Waals surface area contributed by atoms with Gasteiger partial charge in [-0.05, 0) is 30.5 Å². The molecule has 3 heterocycles. The molecule has 27 heavy (non-hydrogen) atoms. The first-order chi connectivity index (χ1) is 12.9. The Labute approximate surface area is 157 Å². The molecule has 1 N–H and O–H groups in total. The molecule has 2 aromatic rings. The molecule has 1 aromatic heterocycles. The zero-order chi connectivity index (χ0) is 19.1. The second-order valence-electron chi connectivity index (χ2n) is 7.61. The zero-order valence-corrected chi connectivity index (χ0v) is 15.5. The largest absolute Gasteiger partial charge is 0.335 e. The predicted molar refractivity (Wildman–Crippen MR) is 98.4 cm³/mol. The third-order valence-electron chi connectivity index (χ3n) is 5.63. The molecule has 2 fully saturated rings. The first-order valence-electron chi connectivity index (χ1n) is 9.22. The summed E-state index contributed by atoms with van der Waals surface area (Å²) >= 11 is 0. The Morgan fingerprint density at radius 3 is 2.81 bits per heavy atom. The van der Waals surface area contributed by atoms with Crippen molar-refractivity contribution < 1.29 is 9.18 Å². The van der Waals surface area contributed by atoms with Crippen molar-refractivity contribution in [2.24, 2.45) is 11.8 Å². The molecule has 1 aromatic carbocycles. The summed E-state index contributed by atoms with van der Waals surface area (Å²) in [6.07, 6.45) is 0. The molecule has 3 atom stereocenters. The lowest BCUT2D eigenvalue weighted by atomic mass is 9.89. The van der Waals surface area contributed by atoms with Gasteiger partial charge in [0.2, 0.25) is 5.91 Å². The summed E-state index contributed by atoms with van der Waals surface area (Å²) in [6, 6.07) is 7.99. The fourth-order valence-corrected chi connectivity index (χ4v) is 4.66. The average Bonchev–Trinajstić information content (AvgIpc) is 3.10. The van der Waals surface area contributed by atoms with Crippen molar-refractivity contribution in [2.75, 3.05) is 19.6 Å². The molecule has 142 valence electrons. The van der Waals surface area contributed by atoms with Crippen LogP contribution in [0.15, 0.2) is 35.1 Å². The molecular weight excluding hydrogens is 347 g/mol. The molecule has 7 heteroatoms. The minimum Gasteiger partial charge on any atom is -0.335 e. The Morgan fingerprint density at radius 1 is 1.30 bits per heavy atom.